The summed E-state index contributed by atoms with van der Waals surface area (Å²) in [6.45, 7) is 7.11. The van der Waals surface area contributed by atoms with Crippen LogP contribution in [0.5, 0.6) is 0 Å². The van der Waals surface area contributed by atoms with Crippen LogP contribution < -0.4 is 0 Å². The quantitative estimate of drug-likeness (QED) is 0.635. The molecule has 1 N–H and O–H groups in total. The number of aliphatic hydroxyl groups excluding tert-OH is 1. The third-order valence-corrected chi connectivity index (χ3v) is 1.32. The van der Waals surface area contributed by atoms with Crippen molar-refractivity contribution < 1.29 is 9.84 Å². The van der Waals surface area contributed by atoms with E-state index >= 15 is 0 Å². The van der Waals surface area contributed by atoms with Crippen molar-refractivity contribution in [2.24, 2.45) is 5.92 Å². The highest BCUT2D eigenvalue weighted by molar-refractivity contribution is 4.52. The Bertz CT molecular complexity index is 67.7. The van der Waals surface area contributed by atoms with Gasteiger partial charge in [0.2, 0.25) is 0 Å². The lowest BCUT2D eigenvalue weighted by Crippen LogP contribution is -2.18. The number of hydrogen-bond acceptors (Lipinski definition) is 2. The molecule has 0 fully saturated rings. The lowest BCUT2D eigenvalue weighted by atomic mass is 10.2. The zero-order chi connectivity index (χ0) is 7.98. The molecule has 0 amide bonds. The van der Waals surface area contributed by atoms with Crippen molar-refractivity contribution in [2.45, 2.75) is 33.3 Å². The molecule has 0 saturated heterocycles. The Morgan fingerprint density at radius 3 is 2.30 bits per heavy atom. The second-order valence-corrected chi connectivity index (χ2v) is 2.94. The van der Waals surface area contributed by atoms with Gasteiger partial charge in [-0.15, -0.1) is 0 Å². The SMILES string of the molecule is CC[C@@H](CO)OCC(C)C. The van der Waals surface area contributed by atoms with Crippen molar-refractivity contribution in [3.8, 4) is 0 Å². The molecule has 0 aromatic heterocycles. The van der Waals surface area contributed by atoms with Gasteiger partial charge in [-0.05, 0) is 12.3 Å². The molecule has 0 aromatic rings. The molecule has 0 saturated carbocycles. The molecule has 0 heterocycles. The van der Waals surface area contributed by atoms with Gasteiger partial charge >= 0.3 is 0 Å². The van der Waals surface area contributed by atoms with Gasteiger partial charge in [-0.25, -0.2) is 0 Å². The average molecular weight is 146 g/mol. The van der Waals surface area contributed by atoms with E-state index in [2.05, 4.69) is 13.8 Å². The average Bonchev–Trinajstić information content (AvgIpc) is 1.90. The van der Waals surface area contributed by atoms with Crippen molar-refractivity contribution in [3.05, 3.63) is 0 Å². The zero-order valence-electron chi connectivity index (χ0n) is 7.13. The van der Waals surface area contributed by atoms with E-state index in [4.69, 9.17) is 9.84 Å². The van der Waals surface area contributed by atoms with E-state index in [-0.39, 0.29) is 12.7 Å². The van der Waals surface area contributed by atoms with Crippen molar-refractivity contribution in [3.63, 3.8) is 0 Å². The summed E-state index contributed by atoms with van der Waals surface area (Å²) in [5, 5.41) is 8.71. The normalized spacial score (nSPS) is 14.1. The van der Waals surface area contributed by atoms with Crippen molar-refractivity contribution in [2.75, 3.05) is 13.2 Å². The predicted molar refractivity (Wildman–Crippen MR) is 42.0 cm³/mol. The van der Waals surface area contributed by atoms with Crippen LogP contribution in [0.15, 0.2) is 0 Å². The maximum Gasteiger partial charge on any atom is 0.0803 e. The van der Waals surface area contributed by atoms with Crippen LogP contribution in [-0.4, -0.2) is 24.4 Å². The molecule has 0 unspecified atom stereocenters. The van der Waals surface area contributed by atoms with Gasteiger partial charge in [-0.3, -0.25) is 0 Å². The van der Waals surface area contributed by atoms with E-state index in [0.29, 0.717) is 5.92 Å². The smallest absolute Gasteiger partial charge is 0.0803 e. The predicted octanol–water partition coefficient (Wildman–Crippen LogP) is 1.43. The van der Waals surface area contributed by atoms with Crippen LogP contribution in [0.2, 0.25) is 0 Å². The molecular weight excluding hydrogens is 128 g/mol. The number of ether oxygens (including phenoxy) is 1. The lowest BCUT2D eigenvalue weighted by molar-refractivity contribution is -0.00140. The molecule has 0 spiro atoms. The highest BCUT2D eigenvalue weighted by atomic mass is 16.5. The summed E-state index contributed by atoms with van der Waals surface area (Å²) in [7, 11) is 0. The van der Waals surface area contributed by atoms with Gasteiger partial charge in [0.15, 0.2) is 0 Å². The largest absolute Gasteiger partial charge is 0.394 e. The van der Waals surface area contributed by atoms with Crippen molar-refractivity contribution >= 4 is 0 Å². The second kappa shape index (κ2) is 5.69. The Labute approximate surface area is 63.2 Å². The van der Waals surface area contributed by atoms with E-state index < -0.39 is 0 Å². The molecule has 2 nitrogen and oxygen atoms in total. The van der Waals surface area contributed by atoms with Crippen LogP contribution in [0.3, 0.4) is 0 Å². The fourth-order valence-corrected chi connectivity index (χ4v) is 0.628. The maximum absolute atomic E-state index is 8.71. The maximum atomic E-state index is 8.71. The number of aliphatic hydroxyl groups is 1. The van der Waals surface area contributed by atoms with Gasteiger partial charge in [0.1, 0.15) is 0 Å². The van der Waals surface area contributed by atoms with Gasteiger partial charge in [-0.1, -0.05) is 20.8 Å². The van der Waals surface area contributed by atoms with E-state index in [9.17, 15) is 0 Å². The summed E-state index contributed by atoms with van der Waals surface area (Å²) in [6.07, 6.45) is 0.936. The van der Waals surface area contributed by atoms with Crippen molar-refractivity contribution in [1.29, 1.82) is 0 Å². The summed E-state index contributed by atoms with van der Waals surface area (Å²) < 4.78 is 5.35. The van der Waals surface area contributed by atoms with Gasteiger partial charge in [-0.2, -0.15) is 0 Å². The first kappa shape index (κ1) is 9.92. The summed E-state index contributed by atoms with van der Waals surface area (Å²) in [5.74, 6) is 0.556. The topological polar surface area (TPSA) is 29.5 Å². The molecule has 1 atom stereocenters. The van der Waals surface area contributed by atoms with Gasteiger partial charge < -0.3 is 9.84 Å². The molecule has 0 aliphatic carbocycles. The van der Waals surface area contributed by atoms with E-state index in [0.717, 1.165) is 13.0 Å². The second-order valence-electron chi connectivity index (χ2n) is 2.94. The minimum atomic E-state index is 0.0439. The first-order valence-corrected chi connectivity index (χ1v) is 3.93. The molecule has 0 radical (unpaired) electrons. The monoisotopic (exact) mass is 146 g/mol. The molecule has 62 valence electrons. The first-order valence-electron chi connectivity index (χ1n) is 3.93. The van der Waals surface area contributed by atoms with Crippen LogP contribution in [-0.2, 0) is 4.74 Å². The van der Waals surface area contributed by atoms with Gasteiger partial charge in [0.05, 0.1) is 12.7 Å². The summed E-state index contributed by atoms with van der Waals surface area (Å²) >= 11 is 0. The Hall–Kier alpha value is -0.0800. The number of rotatable bonds is 5. The highest BCUT2D eigenvalue weighted by Gasteiger charge is 2.04. The molecule has 0 aliphatic heterocycles. The van der Waals surface area contributed by atoms with Crippen LogP contribution in [0.1, 0.15) is 27.2 Å². The fourth-order valence-electron chi connectivity index (χ4n) is 0.628. The fraction of sp³-hybridized carbons (Fsp3) is 1.00. The molecule has 0 rings (SSSR count). The summed E-state index contributed by atoms with van der Waals surface area (Å²) in [6, 6.07) is 0. The minimum absolute atomic E-state index is 0.0439. The highest BCUT2D eigenvalue weighted by Crippen LogP contribution is 2.00. The van der Waals surface area contributed by atoms with E-state index in [1.807, 2.05) is 6.92 Å². The Morgan fingerprint density at radius 1 is 1.40 bits per heavy atom. The Kier molecular flexibility index (Phi) is 5.64. The first-order chi connectivity index (χ1) is 4.70. The molecule has 10 heavy (non-hydrogen) atoms. The molecule has 0 aliphatic rings. The Morgan fingerprint density at radius 2 is 2.00 bits per heavy atom. The van der Waals surface area contributed by atoms with E-state index in [1.54, 1.807) is 0 Å². The summed E-state index contributed by atoms with van der Waals surface area (Å²) in [4.78, 5) is 0. The standard InChI is InChI=1S/C8H18O2/c1-4-8(5-9)10-6-7(2)3/h7-9H,4-6H2,1-3H3/t8-/m0/s1. The Balaban J connectivity index is 3.26. The van der Waals surface area contributed by atoms with Crippen LogP contribution in [0.25, 0.3) is 0 Å². The molecule has 0 aromatic carbocycles. The van der Waals surface area contributed by atoms with Crippen LogP contribution >= 0.6 is 0 Å². The van der Waals surface area contributed by atoms with E-state index in [1.165, 1.54) is 0 Å². The lowest BCUT2D eigenvalue weighted by Gasteiger charge is -2.14. The number of hydrogen-bond donors (Lipinski definition) is 1. The molecular formula is C8H18O2. The molecule has 2 heteroatoms. The third-order valence-electron chi connectivity index (χ3n) is 1.32. The van der Waals surface area contributed by atoms with Crippen LogP contribution in [0.4, 0.5) is 0 Å². The van der Waals surface area contributed by atoms with Crippen molar-refractivity contribution in [1.82, 2.24) is 0 Å². The third kappa shape index (κ3) is 4.77. The summed E-state index contributed by atoms with van der Waals surface area (Å²) in [5.41, 5.74) is 0. The zero-order valence-corrected chi connectivity index (χ0v) is 7.13. The van der Waals surface area contributed by atoms with Gasteiger partial charge in [0.25, 0.3) is 0 Å². The molecule has 0 bridgehead atoms. The van der Waals surface area contributed by atoms with Gasteiger partial charge in [0, 0.05) is 6.61 Å². The van der Waals surface area contributed by atoms with Crippen LogP contribution in [0, 0.1) is 5.92 Å². The minimum Gasteiger partial charge on any atom is -0.394 e.